The van der Waals surface area contributed by atoms with Crippen LogP contribution in [0.25, 0.3) is 0 Å². The lowest BCUT2D eigenvalue weighted by atomic mass is 10.1. The van der Waals surface area contributed by atoms with Crippen LogP contribution in [0.15, 0.2) is 47.6 Å². The molecule has 0 aromatic rings. The highest BCUT2D eigenvalue weighted by Gasteiger charge is 2.11. The zero-order valence-corrected chi connectivity index (χ0v) is 12.4. The molecule has 0 bridgehead atoms. The molecule has 2 nitrogen and oxygen atoms in total. The van der Waals surface area contributed by atoms with Crippen molar-refractivity contribution < 1.29 is 5.11 Å². The van der Waals surface area contributed by atoms with E-state index in [-0.39, 0.29) is 0 Å². The molecule has 0 aromatic heterocycles. The van der Waals surface area contributed by atoms with E-state index in [1.54, 1.807) is 0 Å². The molecule has 20 heavy (non-hydrogen) atoms. The highest BCUT2D eigenvalue weighted by atomic mass is 16.2. The smallest absolute Gasteiger partial charge is 0.0431 e. The molecular weight excluding hydrogens is 246 g/mol. The van der Waals surface area contributed by atoms with Gasteiger partial charge >= 0.3 is 0 Å². The van der Waals surface area contributed by atoms with E-state index in [4.69, 9.17) is 5.11 Å². The van der Waals surface area contributed by atoms with Crippen molar-refractivity contribution >= 4 is 0 Å². The summed E-state index contributed by atoms with van der Waals surface area (Å²) in [5.41, 5.74) is 3.00. The third-order valence-electron chi connectivity index (χ3n) is 3.91. The molecule has 0 amide bonds. The lowest BCUT2D eigenvalue weighted by Gasteiger charge is -2.23. The van der Waals surface area contributed by atoms with Gasteiger partial charge in [-0.2, -0.15) is 0 Å². The molecule has 0 aliphatic heterocycles. The van der Waals surface area contributed by atoms with E-state index in [1.807, 2.05) is 0 Å². The summed E-state index contributed by atoms with van der Waals surface area (Å²) in [6, 6.07) is 0. The van der Waals surface area contributed by atoms with Gasteiger partial charge in [-0.05, 0) is 37.8 Å². The number of aliphatic hydroxyl groups excluding tert-OH is 1. The minimum absolute atomic E-state index is 0.333. The maximum Gasteiger partial charge on any atom is 0.0431 e. The zero-order valence-electron chi connectivity index (χ0n) is 12.4. The predicted molar refractivity (Wildman–Crippen MR) is 85.7 cm³/mol. The van der Waals surface area contributed by atoms with Crippen molar-refractivity contribution in [2.75, 3.05) is 26.2 Å². The molecule has 0 aromatic carbocycles. The SMILES string of the molecule is OCCCCCCN(CC1=CCC=C1)CC1=CC=CC1. The Morgan fingerprint density at radius 1 is 1.05 bits per heavy atom. The molecular formula is C18H27NO. The van der Waals surface area contributed by atoms with E-state index in [0.29, 0.717) is 6.61 Å². The Balaban J connectivity index is 1.75. The molecule has 0 atom stereocenters. The Hall–Kier alpha value is -1.12. The summed E-state index contributed by atoms with van der Waals surface area (Å²) in [4.78, 5) is 2.57. The molecule has 0 fully saturated rings. The van der Waals surface area contributed by atoms with Gasteiger partial charge in [0.2, 0.25) is 0 Å². The van der Waals surface area contributed by atoms with Crippen molar-refractivity contribution in [3.8, 4) is 0 Å². The standard InChI is InChI=1S/C18H27NO/c20-14-8-2-1-7-13-19(15-17-9-3-4-10-17)16-18-11-5-6-12-18/h3-5,9,11-12,20H,1-2,6-8,10,13-16H2. The van der Waals surface area contributed by atoms with Crippen LogP contribution in [0.1, 0.15) is 38.5 Å². The first-order chi connectivity index (χ1) is 9.88. The van der Waals surface area contributed by atoms with E-state index < -0.39 is 0 Å². The van der Waals surface area contributed by atoms with Gasteiger partial charge in [-0.25, -0.2) is 0 Å². The van der Waals surface area contributed by atoms with Crippen LogP contribution < -0.4 is 0 Å². The molecule has 1 N–H and O–H groups in total. The first-order valence-electron chi connectivity index (χ1n) is 7.92. The summed E-state index contributed by atoms with van der Waals surface area (Å²) < 4.78 is 0. The first kappa shape index (κ1) is 15.3. The van der Waals surface area contributed by atoms with Crippen molar-refractivity contribution in [3.63, 3.8) is 0 Å². The topological polar surface area (TPSA) is 23.5 Å². The Kier molecular flexibility index (Phi) is 6.82. The Morgan fingerprint density at radius 2 is 1.95 bits per heavy atom. The van der Waals surface area contributed by atoms with Crippen molar-refractivity contribution in [1.29, 1.82) is 0 Å². The number of hydrogen-bond acceptors (Lipinski definition) is 2. The Morgan fingerprint density at radius 3 is 2.65 bits per heavy atom. The van der Waals surface area contributed by atoms with Crippen molar-refractivity contribution in [2.45, 2.75) is 38.5 Å². The molecule has 2 aliphatic carbocycles. The summed E-state index contributed by atoms with van der Waals surface area (Å²) in [6.07, 6.45) is 20.3. The number of nitrogens with zero attached hydrogens (tertiary/aromatic N) is 1. The lowest BCUT2D eigenvalue weighted by molar-refractivity contribution is 0.276. The molecule has 0 spiro atoms. The maximum absolute atomic E-state index is 8.81. The van der Waals surface area contributed by atoms with Gasteiger partial charge in [0, 0.05) is 19.7 Å². The van der Waals surface area contributed by atoms with Gasteiger partial charge in [0.1, 0.15) is 0 Å². The summed E-state index contributed by atoms with van der Waals surface area (Å²) in [6.45, 7) is 3.67. The maximum atomic E-state index is 8.81. The van der Waals surface area contributed by atoms with E-state index in [1.165, 1.54) is 24.0 Å². The second kappa shape index (κ2) is 8.93. The number of allylic oxidation sites excluding steroid dienone is 5. The van der Waals surface area contributed by atoms with Crippen LogP contribution in [0.4, 0.5) is 0 Å². The van der Waals surface area contributed by atoms with Crippen LogP contribution in [0.3, 0.4) is 0 Å². The summed E-state index contributed by atoms with van der Waals surface area (Å²) in [5.74, 6) is 0. The second-order valence-corrected chi connectivity index (χ2v) is 5.72. The molecule has 2 aliphatic rings. The number of rotatable bonds is 10. The molecule has 2 heteroatoms. The summed E-state index contributed by atoms with van der Waals surface area (Å²) in [5, 5.41) is 8.81. The van der Waals surface area contributed by atoms with Gasteiger partial charge in [0.05, 0.1) is 0 Å². The first-order valence-corrected chi connectivity index (χ1v) is 7.92. The van der Waals surface area contributed by atoms with E-state index in [0.717, 1.165) is 45.3 Å². The normalized spacial score (nSPS) is 17.1. The van der Waals surface area contributed by atoms with Gasteiger partial charge in [-0.15, -0.1) is 0 Å². The van der Waals surface area contributed by atoms with E-state index in [9.17, 15) is 0 Å². The summed E-state index contributed by atoms with van der Waals surface area (Å²) >= 11 is 0. The van der Waals surface area contributed by atoms with Gasteiger partial charge in [-0.3, -0.25) is 4.90 Å². The minimum atomic E-state index is 0.333. The number of unbranched alkanes of at least 4 members (excludes halogenated alkanes) is 3. The predicted octanol–water partition coefficient (Wildman–Crippen LogP) is 3.61. The largest absolute Gasteiger partial charge is 0.396 e. The highest BCUT2D eigenvalue weighted by Crippen LogP contribution is 2.16. The average molecular weight is 273 g/mol. The average Bonchev–Trinajstić information content (AvgIpc) is 3.12. The fourth-order valence-corrected chi connectivity index (χ4v) is 2.79. The Bertz CT molecular complexity index is 404. The summed E-state index contributed by atoms with van der Waals surface area (Å²) in [7, 11) is 0. The van der Waals surface area contributed by atoms with Gasteiger partial charge < -0.3 is 5.11 Å². The quantitative estimate of drug-likeness (QED) is 0.615. The second-order valence-electron chi connectivity index (χ2n) is 5.72. The lowest BCUT2D eigenvalue weighted by Crippen LogP contribution is -2.28. The van der Waals surface area contributed by atoms with Crippen molar-refractivity contribution in [2.24, 2.45) is 0 Å². The molecule has 110 valence electrons. The van der Waals surface area contributed by atoms with Crippen molar-refractivity contribution in [3.05, 3.63) is 47.6 Å². The number of hydrogen-bond donors (Lipinski definition) is 1. The highest BCUT2D eigenvalue weighted by molar-refractivity contribution is 5.28. The van der Waals surface area contributed by atoms with Gasteiger partial charge in [-0.1, -0.05) is 54.9 Å². The third kappa shape index (κ3) is 5.48. The van der Waals surface area contributed by atoms with Crippen LogP contribution in [0, 0.1) is 0 Å². The van der Waals surface area contributed by atoms with Crippen molar-refractivity contribution in [1.82, 2.24) is 4.90 Å². The van der Waals surface area contributed by atoms with Gasteiger partial charge in [0.15, 0.2) is 0 Å². The van der Waals surface area contributed by atoms with Crippen LogP contribution in [0.2, 0.25) is 0 Å². The molecule has 2 rings (SSSR count). The van der Waals surface area contributed by atoms with Crippen LogP contribution in [-0.4, -0.2) is 36.2 Å². The van der Waals surface area contributed by atoms with Crippen LogP contribution in [-0.2, 0) is 0 Å². The number of aliphatic hydroxyl groups is 1. The fourth-order valence-electron chi connectivity index (χ4n) is 2.79. The van der Waals surface area contributed by atoms with E-state index in [2.05, 4.69) is 41.4 Å². The Labute approximate surface area is 123 Å². The molecule has 0 unspecified atom stereocenters. The fraction of sp³-hybridized carbons (Fsp3) is 0.556. The third-order valence-corrected chi connectivity index (χ3v) is 3.91. The molecule has 0 saturated heterocycles. The van der Waals surface area contributed by atoms with Gasteiger partial charge in [0.25, 0.3) is 0 Å². The minimum Gasteiger partial charge on any atom is -0.396 e. The molecule has 0 heterocycles. The molecule has 0 saturated carbocycles. The van der Waals surface area contributed by atoms with Crippen LogP contribution >= 0.6 is 0 Å². The zero-order chi connectivity index (χ0) is 14.0. The monoisotopic (exact) mass is 273 g/mol. The van der Waals surface area contributed by atoms with E-state index >= 15 is 0 Å². The van der Waals surface area contributed by atoms with Crippen LogP contribution in [0.5, 0.6) is 0 Å². The molecule has 0 radical (unpaired) electrons.